The van der Waals surface area contributed by atoms with Gasteiger partial charge in [0, 0.05) is 19.3 Å². The highest BCUT2D eigenvalue weighted by molar-refractivity contribution is 5.87. The number of hydrogen-bond donors (Lipinski definition) is 2. The number of aromatic nitrogens is 3. The van der Waals surface area contributed by atoms with Crippen LogP contribution in [0.25, 0.3) is 5.65 Å². The van der Waals surface area contributed by atoms with Gasteiger partial charge in [-0.2, -0.15) is 4.98 Å². The van der Waals surface area contributed by atoms with Crippen LogP contribution in [0.5, 0.6) is 0 Å². The Kier molecular flexibility index (Phi) is 5.07. The number of anilines is 1. The molecule has 7 heteroatoms. The quantitative estimate of drug-likeness (QED) is 0.885. The average molecular weight is 317 g/mol. The Balaban J connectivity index is 1.64. The van der Waals surface area contributed by atoms with Gasteiger partial charge in [-0.05, 0) is 30.9 Å². The molecular weight excluding hydrogens is 294 g/mol. The summed E-state index contributed by atoms with van der Waals surface area (Å²) < 4.78 is 1.62. The van der Waals surface area contributed by atoms with Crippen LogP contribution in [0.1, 0.15) is 32.1 Å². The lowest BCUT2D eigenvalue weighted by Crippen LogP contribution is -2.40. The predicted molar refractivity (Wildman–Crippen MR) is 87.2 cm³/mol. The van der Waals surface area contributed by atoms with E-state index in [1.807, 2.05) is 18.2 Å². The van der Waals surface area contributed by atoms with Crippen molar-refractivity contribution < 1.29 is 9.90 Å². The van der Waals surface area contributed by atoms with Crippen LogP contribution in [0.3, 0.4) is 0 Å². The smallest absolute Gasteiger partial charge is 0.324 e. The molecule has 2 heterocycles. The average Bonchev–Trinajstić information content (AvgIpc) is 2.97. The lowest BCUT2D eigenvalue weighted by atomic mass is 9.89. The lowest BCUT2D eigenvalue weighted by molar-refractivity contribution is 0.167. The van der Waals surface area contributed by atoms with Crippen molar-refractivity contribution in [3.8, 4) is 0 Å². The summed E-state index contributed by atoms with van der Waals surface area (Å²) >= 11 is 0. The summed E-state index contributed by atoms with van der Waals surface area (Å²) in [6, 6.07) is 5.31. The van der Waals surface area contributed by atoms with Gasteiger partial charge in [0.2, 0.25) is 0 Å². The molecule has 0 spiro atoms. The van der Waals surface area contributed by atoms with Gasteiger partial charge in [0.1, 0.15) is 0 Å². The van der Waals surface area contributed by atoms with E-state index in [1.165, 1.54) is 19.3 Å². The van der Waals surface area contributed by atoms with Crippen LogP contribution in [-0.4, -0.2) is 50.3 Å². The van der Waals surface area contributed by atoms with E-state index >= 15 is 0 Å². The number of amides is 2. The van der Waals surface area contributed by atoms with E-state index in [0.717, 1.165) is 12.8 Å². The van der Waals surface area contributed by atoms with Gasteiger partial charge in [0.05, 0.1) is 6.61 Å². The van der Waals surface area contributed by atoms with Crippen LogP contribution in [0.15, 0.2) is 24.4 Å². The van der Waals surface area contributed by atoms with Gasteiger partial charge in [-0.25, -0.2) is 9.31 Å². The molecule has 0 unspecified atom stereocenters. The first-order valence-corrected chi connectivity index (χ1v) is 8.24. The van der Waals surface area contributed by atoms with E-state index in [4.69, 9.17) is 0 Å². The molecule has 3 rings (SSSR count). The second-order valence-electron chi connectivity index (χ2n) is 6.04. The summed E-state index contributed by atoms with van der Waals surface area (Å²) in [5.41, 5.74) is 0.684. The largest absolute Gasteiger partial charge is 0.395 e. The van der Waals surface area contributed by atoms with Crippen molar-refractivity contribution in [2.75, 3.05) is 25.0 Å². The third-order valence-corrected chi connectivity index (χ3v) is 4.32. The number of hydrogen-bond acceptors (Lipinski definition) is 4. The Morgan fingerprint density at radius 1 is 1.35 bits per heavy atom. The summed E-state index contributed by atoms with van der Waals surface area (Å²) in [6.07, 6.45) is 7.84. The molecule has 1 saturated carbocycles. The number of nitrogens with zero attached hydrogens (tertiary/aromatic N) is 4. The molecule has 0 bridgehead atoms. The molecule has 7 nitrogen and oxygen atoms in total. The van der Waals surface area contributed by atoms with Gasteiger partial charge in [0.15, 0.2) is 5.65 Å². The summed E-state index contributed by atoms with van der Waals surface area (Å²) in [4.78, 5) is 18.4. The van der Waals surface area contributed by atoms with E-state index in [2.05, 4.69) is 15.4 Å². The Bertz CT molecular complexity index is 618. The number of rotatable bonds is 5. The summed E-state index contributed by atoms with van der Waals surface area (Å²) in [6.45, 7) is 0.966. The molecule has 1 aliphatic carbocycles. The molecular formula is C16H23N5O2. The number of nitrogens with one attached hydrogen (secondary N) is 1. The Labute approximate surface area is 135 Å². The minimum absolute atomic E-state index is 0.0429. The number of aliphatic hydroxyl groups is 1. The number of carbonyl (C=O) groups is 1. The fraction of sp³-hybridized carbons (Fsp3) is 0.562. The molecule has 2 N–H and O–H groups in total. The zero-order chi connectivity index (χ0) is 16.1. The minimum atomic E-state index is -0.250. The summed E-state index contributed by atoms with van der Waals surface area (Å²) in [5.74, 6) is 0.808. The molecule has 124 valence electrons. The molecule has 0 atom stereocenters. The molecule has 0 saturated heterocycles. The molecule has 0 radical (unpaired) electrons. The topological polar surface area (TPSA) is 82.8 Å². The standard InChI is InChI=1S/C16H23N5O2/c22-11-10-20(12-13-6-2-1-3-7-13)16(23)18-15-17-14-8-4-5-9-21(14)19-15/h4-5,8-9,13,22H,1-3,6-7,10-12H2,(H,18,19,23). The summed E-state index contributed by atoms with van der Waals surface area (Å²) in [7, 11) is 0. The van der Waals surface area contributed by atoms with Crippen LogP contribution in [0.2, 0.25) is 0 Å². The zero-order valence-corrected chi connectivity index (χ0v) is 13.2. The second kappa shape index (κ2) is 7.41. The second-order valence-corrected chi connectivity index (χ2v) is 6.04. The Morgan fingerprint density at radius 3 is 2.91 bits per heavy atom. The normalized spacial score (nSPS) is 15.7. The van der Waals surface area contributed by atoms with Crippen LogP contribution in [-0.2, 0) is 0 Å². The number of aliphatic hydroxyl groups excluding tert-OH is 1. The molecule has 2 aromatic heterocycles. The van der Waals surface area contributed by atoms with Crippen molar-refractivity contribution in [1.82, 2.24) is 19.5 Å². The summed E-state index contributed by atoms with van der Waals surface area (Å²) in [5, 5.41) is 16.2. The van der Waals surface area contributed by atoms with Gasteiger partial charge < -0.3 is 10.0 Å². The van der Waals surface area contributed by atoms with Gasteiger partial charge in [-0.3, -0.25) is 5.32 Å². The number of pyridine rings is 1. The third kappa shape index (κ3) is 3.98. The van der Waals surface area contributed by atoms with Gasteiger partial charge in [-0.1, -0.05) is 25.3 Å². The maximum Gasteiger partial charge on any atom is 0.324 e. The fourth-order valence-electron chi connectivity index (χ4n) is 3.14. The first-order chi connectivity index (χ1) is 11.3. The van der Waals surface area contributed by atoms with Crippen molar-refractivity contribution in [2.45, 2.75) is 32.1 Å². The van der Waals surface area contributed by atoms with Crippen molar-refractivity contribution in [3.63, 3.8) is 0 Å². The van der Waals surface area contributed by atoms with Crippen LogP contribution >= 0.6 is 0 Å². The molecule has 1 fully saturated rings. The monoisotopic (exact) mass is 317 g/mol. The number of carbonyl (C=O) groups excluding carboxylic acids is 1. The Hall–Kier alpha value is -2.15. The van der Waals surface area contributed by atoms with E-state index in [1.54, 1.807) is 15.6 Å². The predicted octanol–water partition coefficient (Wildman–Crippen LogP) is 2.14. The van der Waals surface area contributed by atoms with E-state index < -0.39 is 0 Å². The fourth-order valence-corrected chi connectivity index (χ4v) is 3.14. The van der Waals surface area contributed by atoms with Crippen molar-refractivity contribution in [1.29, 1.82) is 0 Å². The van der Waals surface area contributed by atoms with Gasteiger partial charge in [0.25, 0.3) is 5.95 Å². The third-order valence-electron chi connectivity index (χ3n) is 4.32. The van der Waals surface area contributed by atoms with E-state index in [-0.39, 0.29) is 18.6 Å². The van der Waals surface area contributed by atoms with E-state index in [9.17, 15) is 9.90 Å². The maximum absolute atomic E-state index is 12.5. The minimum Gasteiger partial charge on any atom is -0.395 e. The molecule has 0 aliphatic heterocycles. The highest BCUT2D eigenvalue weighted by Crippen LogP contribution is 2.24. The molecule has 2 amide bonds. The zero-order valence-electron chi connectivity index (χ0n) is 13.2. The van der Waals surface area contributed by atoms with Gasteiger partial charge >= 0.3 is 6.03 Å². The first-order valence-electron chi connectivity index (χ1n) is 8.24. The first kappa shape index (κ1) is 15.7. The highest BCUT2D eigenvalue weighted by Gasteiger charge is 2.21. The number of fused-ring (bicyclic) bond motifs is 1. The molecule has 1 aliphatic rings. The van der Waals surface area contributed by atoms with Crippen molar-refractivity contribution >= 4 is 17.6 Å². The number of urea groups is 1. The lowest BCUT2D eigenvalue weighted by Gasteiger charge is -2.29. The highest BCUT2D eigenvalue weighted by atomic mass is 16.3. The molecule has 23 heavy (non-hydrogen) atoms. The molecule has 0 aromatic carbocycles. The van der Waals surface area contributed by atoms with Crippen molar-refractivity contribution in [3.05, 3.63) is 24.4 Å². The Morgan fingerprint density at radius 2 is 2.17 bits per heavy atom. The maximum atomic E-state index is 12.5. The van der Waals surface area contributed by atoms with E-state index in [0.29, 0.717) is 24.7 Å². The van der Waals surface area contributed by atoms with Crippen LogP contribution in [0.4, 0.5) is 10.7 Å². The SMILES string of the molecule is O=C(Nc1nc2ccccn2n1)N(CCO)CC1CCCCC1. The van der Waals surface area contributed by atoms with Crippen molar-refractivity contribution in [2.24, 2.45) is 5.92 Å². The van der Waals surface area contributed by atoms with Crippen LogP contribution < -0.4 is 5.32 Å². The molecule has 2 aromatic rings. The van der Waals surface area contributed by atoms with Crippen LogP contribution in [0, 0.1) is 5.92 Å². The van der Waals surface area contributed by atoms with Gasteiger partial charge in [-0.15, -0.1) is 5.10 Å².